The Balaban J connectivity index is 2.05. The van der Waals surface area contributed by atoms with Crippen LogP contribution in [-0.2, 0) is 6.54 Å². The Morgan fingerprint density at radius 1 is 1.71 bits per heavy atom. The topological polar surface area (TPSA) is 46.9 Å². The summed E-state index contributed by atoms with van der Waals surface area (Å²) in [5, 5.41) is 7.89. The van der Waals surface area contributed by atoms with Gasteiger partial charge < -0.3 is 5.32 Å². The second kappa shape index (κ2) is 5.65. The minimum absolute atomic E-state index is 0.114. The number of halogens is 1. The zero-order valence-electron chi connectivity index (χ0n) is 10.1. The average molecular weight is 256 g/mol. The summed E-state index contributed by atoms with van der Waals surface area (Å²) < 4.78 is 1.68. The van der Waals surface area contributed by atoms with E-state index in [1.165, 1.54) is 0 Å². The van der Waals surface area contributed by atoms with Crippen LogP contribution in [0.2, 0.25) is 5.02 Å². The third-order valence-electron chi connectivity index (χ3n) is 3.23. The first-order valence-corrected chi connectivity index (χ1v) is 6.55. The summed E-state index contributed by atoms with van der Waals surface area (Å²) in [6, 6.07) is 0. The number of hydrogen-bond donors (Lipinski definition) is 1. The number of nitrogens with zero attached hydrogens (tertiary/aromatic N) is 2. The highest BCUT2D eigenvalue weighted by atomic mass is 35.5. The average Bonchev–Trinajstić information content (AvgIpc) is 2.71. The molecule has 1 atom stereocenters. The molecule has 1 N–H and O–H groups in total. The predicted molar refractivity (Wildman–Crippen MR) is 67.5 cm³/mol. The third-order valence-corrected chi connectivity index (χ3v) is 3.51. The van der Waals surface area contributed by atoms with Crippen molar-refractivity contribution in [3.63, 3.8) is 0 Å². The van der Waals surface area contributed by atoms with Gasteiger partial charge in [0.1, 0.15) is 5.69 Å². The summed E-state index contributed by atoms with van der Waals surface area (Å²) in [5.41, 5.74) is 0.569. The van der Waals surface area contributed by atoms with E-state index in [4.69, 9.17) is 11.6 Å². The van der Waals surface area contributed by atoms with Gasteiger partial charge in [-0.3, -0.25) is 9.48 Å². The molecule has 0 bridgehead atoms. The summed E-state index contributed by atoms with van der Waals surface area (Å²) in [4.78, 5) is 12.2. The fourth-order valence-corrected chi connectivity index (χ4v) is 2.58. The number of rotatable bonds is 4. The maximum atomic E-state index is 12.2. The van der Waals surface area contributed by atoms with Crippen molar-refractivity contribution in [2.24, 2.45) is 5.92 Å². The van der Waals surface area contributed by atoms with Gasteiger partial charge in [-0.25, -0.2) is 0 Å². The Morgan fingerprint density at radius 2 is 2.53 bits per heavy atom. The molecule has 0 saturated carbocycles. The van der Waals surface area contributed by atoms with Gasteiger partial charge in [0.25, 0.3) is 0 Å². The molecule has 0 aromatic carbocycles. The van der Waals surface area contributed by atoms with Crippen LogP contribution in [0.3, 0.4) is 0 Å². The first kappa shape index (κ1) is 12.6. The summed E-state index contributed by atoms with van der Waals surface area (Å²) in [7, 11) is 0. The molecule has 0 radical (unpaired) electrons. The number of hydrogen-bond acceptors (Lipinski definition) is 3. The summed E-state index contributed by atoms with van der Waals surface area (Å²) >= 11 is 6.02. The second-order valence-corrected chi connectivity index (χ2v) is 4.90. The molecule has 1 aliphatic rings. The molecular formula is C12H18ClN3O. The molecule has 17 heavy (non-hydrogen) atoms. The summed E-state index contributed by atoms with van der Waals surface area (Å²) in [6.45, 7) is 4.64. The Labute approximate surface area is 106 Å². The number of aromatic nitrogens is 2. The van der Waals surface area contributed by atoms with Gasteiger partial charge in [0.05, 0.1) is 11.2 Å². The molecule has 2 rings (SSSR count). The van der Waals surface area contributed by atoms with E-state index >= 15 is 0 Å². The fourth-order valence-electron chi connectivity index (χ4n) is 2.34. The van der Waals surface area contributed by atoms with Crippen molar-refractivity contribution in [2.75, 3.05) is 13.1 Å². The first-order valence-electron chi connectivity index (χ1n) is 6.17. The number of Topliss-reactive ketones (excluding diaryl/α,β-unsaturated/α-hetero) is 1. The van der Waals surface area contributed by atoms with Crippen molar-refractivity contribution in [2.45, 2.75) is 32.7 Å². The third kappa shape index (κ3) is 2.87. The van der Waals surface area contributed by atoms with E-state index in [0.717, 1.165) is 25.9 Å². The molecule has 1 aromatic heterocycles. The molecule has 0 spiro atoms. The van der Waals surface area contributed by atoms with E-state index in [1.54, 1.807) is 10.9 Å². The van der Waals surface area contributed by atoms with Crippen molar-refractivity contribution in [3.8, 4) is 0 Å². The van der Waals surface area contributed by atoms with Crippen LogP contribution in [0.15, 0.2) is 6.20 Å². The molecular weight excluding hydrogens is 238 g/mol. The largest absolute Gasteiger partial charge is 0.316 e. The lowest BCUT2D eigenvalue weighted by Gasteiger charge is -2.22. The lowest BCUT2D eigenvalue weighted by molar-refractivity contribution is 0.0943. The van der Waals surface area contributed by atoms with Gasteiger partial charge in [-0.15, -0.1) is 0 Å². The maximum Gasteiger partial charge on any atom is 0.182 e. The molecule has 0 aliphatic carbocycles. The van der Waals surface area contributed by atoms with Crippen LogP contribution in [0, 0.1) is 5.92 Å². The minimum Gasteiger partial charge on any atom is -0.316 e. The molecule has 1 fully saturated rings. The minimum atomic E-state index is 0.114. The van der Waals surface area contributed by atoms with Gasteiger partial charge in [0.2, 0.25) is 0 Å². The lowest BCUT2D eigenvalue weighted by Crippen LogP contribution is -2.31. The Bertz CT molecular complexity index is 396. The van der Waals surface area contributed by atoms with Crippen LogP contribution >= 0.6 is 11.6 Å². The SMILES string of the molecule is CCn1ncc(Cl)c1C(=O)CC1CCCNC1. The highest BCUT2D eigenvalue weighted by molar-refractivity contribution is 6.33. The van der Waals surface area contributed by atoms with E-state index in [-0.39, 0.29) is 5.78 Å². The number of nitrogens with one attached hydrogen (secondary N) is 1. The van der Waals surface area contributed by atoms with Crippen LogP contribution < -0.4 is 5.32 Å². The van der Waals surface area contributed by atoms with Crippen molar-refractivity contribution >= 4 is 17.4 Å². The second-order valence-electron chi connectivity index (χ2n) is 4.50. The van der Waals surface area contributed by atoms with Crippen LogP contribution in [0.5, 0.6) is 0 Å². The number of carbonyl (C=O) groups excluding carboxylic acids is 1. The summed E-state index contributed by atoms with van der Waals surface area (Å²) in [6.07, 6.45) is 4.39. The van der Waals surface area contributed by atoms with Crippen molar-refractivity contribution in [3.05, 3.63) is 16.9 Å². The molecule has 0 amide bonds. The van der Waals surface area contributed by atoms with Crippen LogP contribution in [0.4, 0.5) is 0 Å². The van der Waals surface area contributed by atoms with Crippen LogP contribution in [-0.4, -0.2) is 28.7 Å². The molecule has 1 aliphatic heterocycles. The number of carbonyl (C=O) groups is 1. The number of piperidine rings is 1. The Morgan fingerprint density at radius 3 is 3.18 bits per heavy atom. The highest BCUT2D eigenvalue weighted by Gasteiger charge is 2.22. The fraction of sp³-hybridized carbons (Fsp3) is 0.667. The van der Waals surface area contributed by atoms with E-state index in [0.29, 0.717) is 29.6 Å². The van der Waals surface area contributed by atoms with Gasteiger partial charge >= 0.3 is 0 Å². The maximum absolute atomic E-state index is 12.2. The van der Waals surface area contributed by atoms with Crippen LogP contribution in [0.25, 0.3) is 0 Å². The van der Waals surface area contributed by atoms with Crippen molar-refractivity contribution < 1.29 is 4.79 Å². The quantitative estimate of drug-likeness (QED) is 0.839. The highest BCUT2D eigenvalue weighted by Crippen LogP contribution is 2.21. The van der Waals surface area contributed by atoms with Crippen molar-refractivity contribution in [1.29, 1.82) is 0 Å². The van der Waals surface area contributed by atoms with Gasteiger partial charge in [-0.1, -0.05) is 11.6 Å². The molecule has 94 valence electrons. The molecule has 4 nitrogen and oxygen atoms in total. The zero-order chi connectivity index (χ0) is 12.3. The number of aryl methyl sites for hydroxylation is 1. The molecule has 1 aromatic rings. The lowest BCUT2D eigenvalue weighted by atomic mass is 9.93. The first-order chi connectivity index (χ1) is 8.22. The molecule has 1 unspecified atom stereocenters. The van der Waals surface area contributed by atoms with E-state index in [2.05, 4.69) is 10.4 Å². The van der Waals surface area contributed by atoms with Crippen LogP contribution in [0.1, 0.15) is 36.7 Å². The molecule has 1 saturated heterocycles. The van der Waals surface area contributed by atoms with E-state index in [9.17, 15) is 4.79 Å². The van der Waals surface area contributed by atoms with Crippen molar-refractivity contribution in [1.82, 2.24) is 15.1 Å². The van der Waals surface area contributed by atoms with Gasteiger partial charge in [-0.2, -0.15) is 5.10 Å². The summed E-state index contributed by atoms with van der Waals surface area (Å²) in [5.74, 6) is 0.551. The number of ketones is 1. The standard InChI is InChI=1S/C12H18ClN3O/c1-2-16-12(10(13)8-15-16)11(17)6-9-4-3-5-14-7-9/h8-9,14H,2-7H2,1H3. The van der Waals surface area contributed by atoms with E-state index < -0.39 is 0 Å². The predicted octanol–water partition coefficient (Wildman–Crippen LogP) is 2.13. The van der Waals surface area contributed by atoms with Gasteiger partial charge in [-0.05, 0) is 38.8 Å². The van der Waals surface area contributed by atoms with Gasteiger partial charge in [0, 0.05) is 13.0 Å². The normalized spacial score (nSPS) is 20.5. The molecule has 5 heteroatoms. The molecule has 2 heterocycles. The monoisotopic (exact) mass is 255 g/mol. The zero-order valence-corrected chi connectivity index (χ0v) is 10.8. The van der Waals surface area contributed by atoms with Gasteiger partial charge in [0.15, 0.2) is 5.78 Å². The Kier molecular flexibility index (Phi) is 4.18. The van der Waals surface area contributed by atoms with E-state index in [1.807, 2.05) is 6.92 Å². The Hall–Kier alpha value is -0.870. The smallest absolute Gasteiger partial charge is 0.182 e.